The standard InChI is InChI=1S/C15H30N4/c1-13-5-9-19(10-6-13)15(16)17-11-14(2)12-18-7-3-4-8-18/h13-14H,3-12H2,1-2H3,(H2,16,17). The summed E-state index contributed by atoms with van der Waals surface area (Å²) in [7, 11) is 0. The highest BCUT2D eigenvalue weighted by Crippen LogP contribution is 2.15. The third kappa shape index (κ3) is 4.68. The van der Waals surface area contributed by atoms with Crippen molar-refractivity contribution in [2.45, 2.75) is 39.5 Å². The lowest BCUT2D eigenvalue weighted by Gasteiger charge is -2.31. The van der Waals surface area contributed by atoms with E-state index in [9.17, 15) is 0 Å². The maximum Gasteiger partial charge on any atom is 0.191 e. The molecule has 4 nitrogen and oxygen atoms in total. The van der Waals surface area contributed by atoms with Crippen molar-refractivity contribution in [3.8, 4) is 0 Å². The molecule has 0 spiro atoms. The second kappa shape index (κ2) is 7.13. The van der Waals surface area contributed by atoms with E-state index < -0.39 is 0 Å². The van der Waals surface area contributed by atoms with E-state index in [-0.39, 0.29) is 0 Å². The molecule has 2 rings (SSSR count). The van der Waals surface area contributed by atoms with Crippen LogP contribution in [0.1, 0.15) is 39.5 Å². The van der Waals surface area contributed by atoms with Crippen molar-refractivity contribution in [1.82, 2.24) is 9.80 Å². The number of nitrogens with two attached hydrogens (primary N) is 1. The van der Waals surface area contributed by atoms with Gasteiger partial charge in [-0.1, -0.05) is 13.8 Å². The van der Waals surface area contributed by atoms with Crippen LogP contribution in [0.5, 0.6) is 0 Å². The molecule has 0 radical (unpaired) electrons. The fourth-order valence-corrected chi connectivity index (χ4v) is 3.05. The molecule has 0 amide bonds. The number of guanidine groups is 1. The Labute approximate surface area is 118 Å². The van der Waals surface area contributed by atoms with Crippen molar-refractivity contribution < 1.29 is 0 Å². The molecule has 2 saturated heterocycles. The minimum Gasteiger partial charge on any atom is -0.370 e. The van der Waals surface area contributed by atoms with Crippen molar-refractivity contribution in [2.75, 3.05) is 39.3 Å². The number of rotatable bonds is 4. The molecule has 0 aromatic carbocycles. The van der Waals surface area contributed by atoms with Crippen LogP contribution in [-0.2, 0) is 0 Å². The second-order valence-corrected chi connectivity index (χ2v) is 6.48. The predicted octanol–water partition coefficient (Wildman–Crippen LogP) is 1.76. The highest BCUT2D eigenvalue weighted by molar-refractivity contribution is 5.78. The number of hydrogen-bond donors (Lipinski definition) is 1. The fourth-order valence-electron chi connectivity index (χ4n) is 3.05. The van der Waals surface area contributed by atoms with Gasteiger partial charge in [0.2, 0.25) is 0 Å². The van der Waals surface area contributed by atoms with Gasteiger partial charge in [0.05, 0.1) is 0 Å². The van der Waals surface area contributed by atoms with Crippen LogP contribution in [0.15, 0.2) is 4.99 Å². The molecule has 1 atom stereocenters. The van der Waals surface area contributed by atoms with Gasteiger partial charge in [0, 0.05) is 26.2 Å². The molecule has 110 valence electrons. The SMILES string of the molecule is CC1CCN(C(N)=NCC(C)CN2CCCC2)CC1. The van der Waals surface area contributed by atoms with Crippen LogP contribution in [0.25, 0.3) is 0 Å². The van der Waals surface area contributed by atoms with Crippen LogP contribution in [0.3, 0.4) is 0 Å². The molecular weight excluding hydrogens is 236 g/mol. The highest BCUT2D eigenvalue weighted by Gasteiger charge is 2.18. The summed E-state index contributed by atoms with van der Waals surface area (Å²) in [5.74, 6) is 2.22. The van der Waals surface area contributed by atoms with E-state index in [4.69, 9.17) is 5.73 Å². The lowest BCUT2D eigenvalue weighted by molar-refractivity contribution is 0.274. The summed E-state index contributed by atoms with van der Waals surface area (Å²) in [5.41, 5.74) is 6.11. The van der Waals surface area contributed by atoms with Gasteiger partial charge in [0.25, 0.3) is 0 Å². The van der Waals surface area contributed by atoms with Gasteiger partial charge in [-0.05, 0) is 50.6 Å². The molecule has 0 aromatic heterocycles. The van der Waals surface area contributed by atoms with Crippen LogP contribution in [0.4, 0.5) is 0 Å². The molecule has 4 heteroatoms. The van der Waals surface area contributed by atoms with Gasteiger partial charge in [0.15, 0.2) is 5.96 Å². The van der Waals surface area contributed by atoms with E-state index in [1.807, 2.05) is 0 Å². The minimum absolute atomic E-state index is 0.611. The minimum atomic E-state index is 0.611. The average Bonchev–Trinajstić information content (AvgIpc) is 2.89. The van der Waals surface area contributed by atoms with Crippen LogP contribution >= 0.6 is 0 Å². The lowest BCUT2D eigenvalue weighted by Crippen LogP contribution is -2.42. The Morgan fingerprint density at radius 1 is 1.21 bits per heavy atom. The number of piperidine rings is 1. The zero-order chi connectivity index (χ0) is 13.7. The molecule has 0 bridgehead atoms. The summed E-state index contributed by atoms with van der Waals surface area (Å²) < 4.78 is 0. The normalized spacial score (nSPS) is 24.9. The Hall–Kier alpha value is -0.770. The van der Waals surface area contributed by atoms with Crippen molar-refractivity contribution in [1.29, 1.82) is 0 Å². The van der Waals surface area contributed by atoms with Crippen molar-refractivity contribution >= 4 is 5.96 Å². The van der Waals surface area contributed by atoms with Gasteiger partial charge in [0.1, 0.15) is 0 Å². The van der Waals surface area contributed by atoms with E-state index in [2.05, 4.69) is 28.6 Å². The number of aliphatic imine (C=N–C) groups is 1. The van der Waals surface area contributed by atoms with Crippen LogP contribution in [-0.4, -0.2) is 55.0 Å². The van der Waals surface area contributed by atoms with Gasteiger partial charge < -0.3 is 15.5 Å². The molecule has 0 aliphatic carbocycles. The lowest BCUT2D eigenvalue weighted by atomic mass is 10.00. The summed E-state index contributed by atoms with van der Waals surface area (Å²) in [4.78, 5) is 9.42. The fraction of sp³-hybridized carbons (Fsp3) is 0.933. The molecule has 19 heavy (non-hydrogen) atoms. The molecule has 1 unspecified atom stereocenters. The third-order valence-electron chi connectivity index (χ3n) is 4.44. The van der Waals surface area contributed by atoms with Gasteiger partial charge in [-0.15, -0.1) is 0 Å². The van der Waals surface area contributed by atoms with Gasteiger partial charge in [-0.25, -0.2) is 0 Å². The summed E-state index contributed by atoms with van der Waals surface area (Å²) in [6.45, 7) is 11.4. The van der Waals surface area contributed by atoms with Crippen LogP contribution < -0.4 is 5.73 Å². The highest BCUT2D eigenvalue weighted by atomic mass is 15.3. The second-order valence-electron chi connectivity index (χ2n) is 6.48. The first kappa shape index (κ1) is 14.6. The Morgan fingerprint density at radius 3 is 2.47 bits per heavy atom. The molecular formula is C15H30N4. The zero-order valence-electron chi connectivity index (χ0n) is 12.6. The quantitative estimate of drug-likeness (QED) is 0.623. The number of nitrogens with zero attached hydrogens (tertiary/aromatic N) is 3. The predicted molar refractivity (Wildman–Crippen MR) is 81.3 cm³/mol. The van der Waals surface area contributed by atoms with Gasteiger partial charge >= 0.3 is 0 Å². The Kier molecular flexibility index (Phi) is 5.49. The van der Waals surface area contributed by atoms with Gasteiger partial charge in [-0.3, -0.25) is 4.99 Å². The topological polar surface area (TPSA) is 44.9 Å². The first-order valence-corrected chi connectivity index (χ1v) is 7.92. The summed E-state index contributed by atoms with van der Waals surface area (Å²) in [5, 5.41) is 0. The van der Waals surface area contributed by atoms with E-state index in [1.54, 1.807) is 0 Å². The van der Waals surface area contributed by atoms with Crippen LogP contribution in [0, 0.1) is 11.8 Å². The zero-order valence-corrected chi connectivity index (χ0v) is 12.6. The summed E-state index contributed by atoms with van der Waals surface area (Å²) in [6.07, 6.45) is 5.23. The van der Waals surface area contributed by atoms with Crippen molar-refractivity contribution in [3.63, 3.8) is 0 Å². The molecule has 2 N–H and O–H groups in total. The number of likely N-dealkylation sites (tertiary alicyclic amines) is 2. The average molecular weight is 266 g/mol. The van der Waals surface area contributed by atoms with E-state index in [0.717, 1.165) is 31.5 Å². The number of hydrogen-bond acceptors (Lipinski definition) is 2. The molecule has 2 fully saturated rings. The Bertz CT molecular complexity index is 289. The van der Waals surface area contributed by atoms with E-state index >= 15 is 0 Å². The summed E-state index contributed by atoms with van der Waals surface area (Å²) >= 11 is 0. The Morgan fingerprint density at radius 2 is 1.84 bits per heavy atom. The van der Waals surface area contributed by atoms with Crippen LogP contribution in [0.2, 0.25) is 0 Å². The largest absolute Gasteiger partial charge is 0.370 e. The third-order valence-corrected chi connectivity index (χ3v) is 4.44. The van der Waals surface area contributed by atoms with E-state index in [1.165, 1.54) is 45.3 Å². The monoisotopic (exact) mass is 266 g/mol. The van der Waals surface area contributed by atoms with Crippen molar-refractivity contribution in [3.05, 3.63) is 0 Å². The first-order valence-electron chi connectivity index (χ1n) is 7.92. The summed E-state index contributed by atoms with van der Waals surface area (Å²) in [6, 6.07) is 0. The maximum absolute atomic E-state index is 6.11. The smallest absolute Gasteiger partial charge is 0.191 e. The molecule has 0 aromatic rings. The molecule has 2 heterocycles. The van der Waals surface area contributed by atoms with E-state index in [0.29, 0.717) is 5.92 Å². The Balaban J connectivity index is 1.70. The van der Waals surface area contributed by atoms with Gasteiger partial charge in [-0.2, -0.15) is 0 Å². The molecule has 2 aliphatic rings. The molecule has 2 aliphatic heterocycles. The first-order chi connectivity index (χ1) is 9.15. The van der Waals surface area contributed by atoms with Crippen molar-refractivity contribution in [2.24, 2.45) is 22.6 Å². The molecule has 0 saturated carbocycles. The maximum atomic E-state index is 6.11.